The number of carbonyl (C=O) groups excluding carboxylic acids is 1. The molecule has 1 atom stereocenters. The fourth-order valence-electron chi connectivity index (χ4n) is 2.57. The summed E-state index contributed by atoms with van der Waals surface area (Å²) < 4.78 is 41.3. The molecular weight excluding hydrogens is 333 g/mol. The number of halogens is 4. The molecule has 5 nitrogen and oxygen atoms in total. The lowest BCUT2D eigenvalue weighted by atomic mass is 10.2. The topological polar surface area (TPSA) is 49.3 Å². The van der Waals surface area contributed by atoms with E-state index in [1.165, 1.54) is 4.90 Å². The van der Waals surface area contributed by atoms with Crippen molar-refractivity contribution in [3.05, 3.63) is 23.5 Å². The first-order valence-electron chi connectivity index (χ1n) is 7.22. The lowest BCUT2D eigenvalue weighted by Gasteiger charge is -2.35. The van der Waals surface area contributed by atoms with E-state index in [1.807, 2.05) is 6.92 Å². The van der Waals surface area contributed by atoms with Crippen LogP contribution >= 0.6 is 12.4 Å². The molecule has 1 unspecified atom stereocenters. The van der Waals surface area contributed by atoms with Crippen molar-refractivity contribution in [1.29, 1.82) is 0 Å². The highest BCUT2D eigenvalue weighted by Crippen LogP contribution is 2.24. The number of nitrogens with one attached hydrogen (secondary N) is 2. The molecule has 0 radical (unpaired) electrons. The molecule has 0 saturated carbocycles. The molecule has 23 heavy (non-hydrogen) atoms. The van der Waals surface area contributed by atoms with Crippen LogP contribution in [0.15, 0.2) is 12.1 Å². The molecule has 1 aliphatic rings. The smallest absolute Gasteiger partial charge is 0.349 e. The summed E-state index contributed by atoms with van der Waals surface area (Å²) in [6, 6.07) is 1.71. The molecular formula is C14H22ClF3N4O. The van der Waals surface area contributed by atoms with Gasteiger partial charge in [-0.2, -0.15) is 13.2 Å². The van der Waals surface area contributed by atoms with E-state index in [4.69, 9.17) is 0 Å². The fraction of sp³-hybridized carbons (Fsp3) is 0.643. The maximum atomic E-state index is 13.2. The van der Waals surface area contributed by atoms with Crippen molar-refractivity contribution >= 4 is 18.3 Å². The molecule has 1 aromatic heterocycles. The highest BCUT2D eigenvalue weighted by atomic mass is 35.5. The number of piperazine rings is 1. The summed E-state index contributed by atoms with van der Waals surface area (Å²) in [6.07, 6.45) is -4.37. The number of hydrogen-bond donors (Lipinski definition) is 2. The lowest BCUT2D eigenvalue weighted by molar-refractivity contribution is -0.183. The molecule has 1 aromatic rings. The van der Waals surface area contributed by atoms with Crippen LogP contribution in [0, 0.1) is 6.92 Å². The summed E-state index contributed by atoms with van der Waals surface area (Å²) in [7, 11) is 1.71. The Hall–Kier alpha value is -1.25. The van der Waals surface area contributed by atoms with Crippen LogP contribution in [0.2, 0.25) is 0 Å². The van der Waals surface area contributed by atoms with E-state index in [1.54, 1.807) is 23.7 Å². The van der Waals surface area contributed by atoms with Crippen molar-refractivity contribution in [1.82, 2.24) is 20.1 Å². The third-order valence-corrected chi connectivity index (χ3v) is 4.03. The number of nitrogens with zero attached hydrogens (tertiary/aromatic N) is 2. The van der Waals surface area contributed by atoms with Crippen LogP contribution in [0.5, 0.6) is 0 Å². The lowest BCUT2D eigenvalue weighted by Crippen LogP contribution is -2.57. The van der Waals surface area contributed by atoms with Crippen LogP contribution in [0.4, 0.5) is 13.2 Å². The van der Waals surface area contributed by atoms with Crippen molar-refractivity contribution < 1.29 is 18.0 Å². The minimum absolute atomic E-state index is 0. The summed E-state index contributed by atoms with van der Waals surface area (Å²) >= 11 is 0. The summed E-state index contributed by atoms with van der Waals surface area (Å²) in [5, 5.41) is 5.44. The molecule has 0 bridgehead atoms. The Morgan fingerprint density at radius 3 is 2.43 bits per heavy atom. The van der Waals surface area contributed by atoms with Gasteiger partial charge in [0, 0.05) is 45.5 Å². The molecule has 0 aliphatic carbocycles. The third-order valence-electron chi connectivity index (χ3n) is 4.03. The maximum absolute atomic E-state index is 13.2. The zero-order valence-electron chi connectivity index (χ0n) is 13.1. The standard InChI is InChI=1S/C14H21F3N4O.ClH/c1-10-3-4-11(20(10)2)13(22)19-9-12(14(15,16)17)21-7-5-18-6-8-21;/h3-4,12,18H,5-9H2,1-2H3,(H,19,22);1H. The fourth-order valence-corrected chi connectivity index (χ4v) is 2.57. The van der Waals surface area contributed by atoms with E-state index < -0.39 is 24.7 Å². The quantitative estimate of drug-likeness (QED) is 0.857. The average Bonchev–Trinajstić information content (AvgIpc) is 2.79. The van der Waals surface area contributed by atoms with Crippen LogP contribution in [0.3, 0.4) is 0 Å². The molecule has 2 N–H and O–H groups in total. The Labute approximate surface area is 139 Å². The van der Waals surface area contributed by atoms with Gasteiger partial charge in [-0.1, -0.05) is 0 Å². The van der Waals surface area contributed by atoms with Crippen molar-refractivity contribution in [3.8, 4) is 0 Å². The van der Waals surface area contributed by atoms with Crippen molar-refractivity contribution in [3.63, 3.8) is 0 Å². The van der Waals surface area contributed by atoms with Crippen molar-refractivity contribution in [2.24, 2.45) is 7.05 Å². The molecule has 2 heterocycles. The molecule has 1 aliphatic heterocycles. The number of alkyl halides is 3. The first-order chi connectivity index (χ1) is 10.3. The van der Waals surface area contributed by atoms with Gasteiger partial charge in [0.2, 0.25) is 0 Å². The Bertz CT molecular complexity index is 527. The van der Waals surface area contributed by atoms with Gasteiger partial charge in [-0.25, -0.2) is 0 Å². The van der Waals surface area contributed by atoms with E-state index in [9.17, 15) is 18.0 Å². The molecule has 1 fully saturated rings. The number of hydrogen-bond acceptors (Lipinski definition) is 3. The Kier molecular flexibility index (Phi) is 6.91. The van der Waals surface area contributed by atoms with Gasteiger partial charge in [-0.15, -0.1) is 12.4 Å². The van der Waals surface area contributed by atoms with Crippen LogP contribution in [-0.4, -0.2) is 60.3 Å². The monoisotopic (exact) mass is 354 g/mol. The van der Waals surface area contributed by atoms with Crippen molar-refractivity contribution in [2.75, 3.05) is 32.7 Å². The van der Waals surface area contributed by atoms with Crippen LogP contribution in [0.25, 0.3) is 0 Å². The Morgan fingerprint density at radius 1 is 1.35 bits per heavy atom. The molecule has 132 valence electrons. The zero-order chi connectivity index (χ0) is 16.3. The van der Waals surface area contributed by atoms with E-state index >= 15 is 0 Å². The molecule has 1 amide bonds. The second kappa shape index (κ2) is 8.03. The first-order valence-corrected chi connectivity index (χ1v) is 7.22. The molecule has 2 rings (SSSR count). The average molecular weight is 355 g/mol. The minimum Gasteiger partial charge on any atom is -0.349 e. The number of rotatable bonds is 4. The van der Waals surface area contributed by atoms with Crippen LogP contribution in [-0.2, 0) is 7.05 Å². The normalized spacial score (nSPS) is 17.4. The highest BCUT2D eigenvalue weighted by molar-refractivity contribution is 5.92. The Morgan fingerprint density at radius 2 is 1.96 bits per heavy atom. The van der Waals surface area contributed by atoms with Crippen LogP contribution < -0.4 is 10.6 Å². The predicted molar refractivity (Wildman–Crippen MR) is 84.0 cm³/mol. The summed E-state index contributed by atoms with van der Waals surface area (Å²) in [6.45, 7) is 3.09. The number of aryl methyl sites for hydroxylation is 1. The van der Waals surface area contributed by atoms with Gasteiger partial charge in [-0.05, 0) is 19.1 Å². The Balaban J connectivity index is 0.00000264. The number of amides is 1. The SMILES string of the molecule is Cc1ccc(C(=O)NCC(N2CCNCC2)C(F)(F)F)n1C.Cl. The van der Waals surface area contributed by atoms with E-state index in [2.05, 4.69) is 10.6 Å². The second-order valence-corrected chi connectivity index (χ2v) is 5.47. The minimum atomic E-state index is -4.37. The van der Waals surface area contributed by atoms with E-state index in [0.29, 0.717) is 31.9 Å². The molecule has 9 heteroatoms. The molecule has 0 spiro atoms. The van der Waals surface area contributed by atoms with Gasteiger partial charge in [0.05, 0.1) is 0 Å². The summed E-state index contributed by atoms with van der Waals surface area (Å²) in [5.74, 6) is -0.486. The summed E-state index contributed by atoms with van der Waals surface area (Å²) in [5.41, 5.74) is 1.23. The van der Waals surface area contributed by atoms with Crippen molar-refractivity contribution in [2.45, 2.75) is 19.1 Å². The summed E-state index contributed by atoms with van der Waals surface area (Å²) in [4.78, 5) is 13.4. The predicted octanol–water partition coefficient (Wildman–Crippen LogP) is 1.32. The van der Waals surface area contributed by atoms with Crippen LogP contribution in [0.1, 0.15) is 16.2 Å². The van der Waals surface area contributed by atoms with Gasteiger partial charge in [0.15, 0.2) is 0 Å². The van der Waals surface area contributed by atoms with E-state index in [-0.39, 0.29) is 12.4 Å². The van der Waals surface area contributed by atoms with E-state index in [0.717, 1.165) is 5.69 Å². The third kappa shape index (κ3) is 4.86. The number of aromatic nitrogens is 1. The van der Waals surface area contributed by atoms with Gasteiger partial charge >= 0.3 is 6.18 Å². The molecule has 0 aromatic carbocycles. The van der Waals surface area contributed by atoms with Gasteiger partial charge in [-0.3, -0.25) is 9.69 Å². The molecule has 1 saturated heterocycles. The largest absolute Gasteiger partial charge is 0.405 e. The number of carbonyl (C=O) groups is 1. The second-order valence-electron chi connectivity index (χ2n) is 5.47. The highest BCUT2D eigenvalue weighted by Gasteiger charge is 2.43. The van der Waals surface area contributed by atoms with Gasteiger partial charge < -0.3 is 15.2 Å². The van der Waals surface area contributed by atoms with Gasteiger partial charge in [0.1, 0.15) is 11.7 Å². The first kappa shape index (κ1) is 19.8. The van der Waals surface area contributed by atoms with Gasteiger partial charge in [0.25, 0.3) is 5.91 Å². The zero-order valence-corrected chi connectivity index (χ0v) is 13.9. The maximum Gasteiger partial charge on any atom is 0.405 e.